The molecule has 0 spiro atoms. The molecule has 4 heterocycles. The van der Waals surface area contributed by atoms with Gasteiger partial charge in [0, 0.05) is 24.7 Å². The Hall–Kier alpha value is -3.94. The Morgan fingerprint density at radius 1 is 1.13 bits per heavy atom. The van der Waals surface area contributed by atoms with Crippen LogP contribution in [0, 0.1) is 13.8 Å². The second kappa shape index (κ2) is 7.82. The molecule has 0 atom stereocenters. The van der Waals surface area contributed by atoms with E-state index >= 15 is 0 Å². The number of aromatic nitrogens is 4. The molecule has 0 unspecified atom stereocenters. The van der Waals surface area contributed by atoms with Crippen molar-refractivity contribution in [2.24, 2.45) is 0 Å². The fourth-order valence-electron chi connectivity index (χ4n) is 3.29. The number of nitrogens with one attached hydrogen (secondary N) is 1. The van der Waals surface area contributed by atoms with Crippen LogP contribution >= 0.6 is 0 Å². The van der Waals surface area contributed by atoms with Gasteiger partial charge in [-0.3, -0.25) is 14.2 Å². The van der Waals surface area contributed by atoms with E-state index in [1.807, 2.05) is 35.9 Å². The largest absolute Gasteiger partial charge is 0.481 e. The molecule has 0 radical (unpaired) electrons. The molecule has 152 valence electrons. The van der Waals surface area contributed by atoms with Crippen LogP contribution in [-0.4, -0.2) is 32.0 Å². The molecule has 4 aromatic heterocycles. The van der Waals surface area contributed by atoms with Crippen molar-refractivity contribution >= 4 is 11.6 Å². The van der Waals surface area contributed by atoms with Gasteiger partial charge in [-0.25, -0.2) is 9.97 Å². The maximum absolute atomic E-state index is 13.0. The Labute approximate surface area is 172 Å². The molecular weight excluding hydrogens is 382 g/mol. The average Bonchev–Trinajstić information content (AvgIpc) is 3.17. The Morgan fingerprint density at radius 2 is 1.97 bits per heavy atom. The number of amides is 1. The third-order valence-corrected chi connectivity index (χ3v) is 4.89. The Kier molecular flexibility index (Phi) is 5.05. The fraction of sp³-hybridized carbons (Fsp3) is 0.182. The lowest BCUT2D eigenvalue weighted by Crippen LogP contribution is -2.33. The Morgan fingerprint density at radius 3 is 2.67 bits per heavy atom. The summed E-state index contributed by atoms with van der Waals surface area (Å²) in [5.74, 6) is 0.00154. The number of rotatable bonds is 5. The van der Waals surface area contributed by atoms with Gasteiger partial charge in [-0.2, -0.15) is 0 Å². The van der Waals surface area contributed by atoms with Crippen LogP contribution in [0.2, 0.25) is 0 Å². The quantitative estimate of drug-likeness (QED) is 0.553. The standard InChI is InChI=1S/C22H21N5O3/c1-14-8-10-27(17-6-7-18(30-3)23-12-17)22(29)19(14)21(28)24-11-16-13-26-9-4-5-15(2)20(26)25-16/h4-10,12-13H,11H2,1-3H3,(H,24,28). The van der Waals surface area contributed by atoms with Crippen LogP contribution in [0.5, 0.6) is 5.88 Å². The number of carbonyl (C=O) groups is 1. The number of imidazole rings is 1. The zero-order valence-electron chi connectivity index (χ0n) is 16.9. The van der Waals surface area contributed by atoms with Gasteiger partial charge in [0.1, 0.15) is 11.2 Å². The molecule has 30 heavy (non-hydrogen) atoms. The molecule has 0 aromatic carbocycles. The normalized spacial score (nSPS) is 10.9. The van der Waals surface area contributed by atoms with Crippen LogP contribution in [0.1, 0.15) is 27.2 Å². The summed E-state index contributed by atoms with van der Waals surface area (Å²) >= 11 is 0. The summed E-state index contributed by atoms with van der Waals surface area (Å²) in [7, 11) is 1.52. The van der Waals surface area contributed by atoms with E-state index in [0.717, 1.165) is 11.2 Å². The smallest absolute Gasteiger partial charge is 0.268 e. The summed E-state index contributed by atoms with van der Waals surface area (Å²) in [4.78, 5) is 34.5. The minimum Gasteiger partial charge on any atom is -0.481 e. The highest BCUT2D eigenvalue weighted by molar-refractivity contribution is 5.95. The highest BCUT2D eigenvalue weighted by Crippen LogP contribution is 2.12. The lowest BCUT2D eigenvalue weighted by atomic mass is 10.1. The molecule has 4 rings (SSSR count). The lowest BCUT2D eigenvalue weighted by molar-refractivity contribution is 0.0948. The SMILES string of the molecule is COc1ccc(-n2ccc(C)c(C(=O)NCc3cn4cccc(C)c4n3)c2=O)cn1. The first kappa shape index (κ1) is 19.4. The number of fused-ring (bicyclic) bond motifs is 1. The molecule has 0 aliphatic heterocycles. The predicted molar refractivity (Wildman–Crippen MR) is 112 cm³/mol. The van der Waals surface area contributed by atoms with Crippen molar-refractivity contribution in [3.63, 3.8) is 0 Å². The number of nitrogens with zero attached hydrogens (tertiary/aromatic N) is 4. The number of carbonyl (C=O) groups excluding carboxylic acids is 1. The maximum atomic E-state index is 13.0. The van der Waals surface area contributed by atoms with Crippen molar-refractivity contribution in [3.8, 4) is 11.6 Å². The number of methoxy groups -OCH3 is 1. The maximum Gasteiger partial charge on any atom is 0.268 e. The van der Waals surface area contributed by atoms with Crippen LogP contribution in [0.4, 0.5) is 0 Å². The summed E-state index contributed by atoms with van der Waals surface area (Å²) in [5.41, 5.74) is 3.42. The molecule has 0 aliphatic rings. The minimum atomic E-state index is -0.443. The number of hydrogen-bond donors (Lipinski definition) is 1. The number of pyridine rings is 3. The Bertz CT molecular complexity index is 1290. The fourth-order valence-corrected chi connectivity index (χ4v) is 3.29. The van der Waals surface area contributed by atoms with Crippen LogP contribution in [0.15, 0.2) is 59.9 Å². The summed E-state index contributed by atoms with van der Waals surface area (Å²) in [6, 6.07) is 9.02. The molecule has 0 aliphatic carbocycles. The second-order valence-corrected chi connectivity index (χ2v) is 6.94. The van der Waals surface area contributed by atoms with Gasteiger partial charge in [-0.15, -0.1) is 0 Å². The van der Waals surface area contributed by atoms with Crippen molar-refractivity contribution in [1.82, 2.24) is 24.3 Å². The molecule has 0 saturated heterocycles. The van der Waals surface area contributed by atoms with Gasteiger partial charge in [-0.1, -0.05) is 6.07 Å². The first-order valence-electron chi connectivity index (χ1n) is 9.42. The van der Waals surface area contributed by atoms with E-state index in [2.05, 4.69) is 15.3 Å². The highest BCUT2D eigenvalue weighted by atomic mass is 16.5. The Balaban J connectivity index is 1.59. The lowest BCUT2D eigenvalue weighted by Gasteiger charge is -2.11. The summed E-state index contributed by atoms with van der Waals surface area (Å²) < 4.78 is 8.35. The van der Waals surface area contributed by atoms with Crippen LogP contribution in [-0.2, 0) is 6.54 Å². The summed E-state index contributed by atoms with van der Waals surface area (Å²) in [6.45, 7) is 3.94. The second-order valence-electron chi connectivity index (χ2n) is 6.94. The van der Waals surface area contributed by atoms with Gasteiger partial charge in [0.25, 0.3) is 11.5 Å². The summed E-state index contributed by atoms with van der Waals surface area (Å²) in [5, 5.41) is 2.81. The number of aryl methyl sites for hydroxylation is 2. The first-order chi connectivity index (χ1) is 14.5. The minimum absolute atomic E-state index is 0.0910. The zero-order chi connectivity index (χ0) is 21.3. The third kappa shape index (κ3) is 3.55. The van der Waals surface area contributed by atoms with E-state index in [1.165, 1.54) is 17.9 Å². The first-order valence-corrected chi connectivity index (χ1v) is 9.42. The molecular formula is C22H21N5O3. The number of ether oxygens (including phenoxy) is 1. The molecule has 1 N–H and O–H groups in total. The van der Waals surface area contributed by atoms with Crippen LogP contribution < -0.4 is 15.6 Å². The van der Waals surface area contributed by atoms with Crippen LogP contribution in [0.25, 0.3) is 11.3 Å². The molecule has 0 bridgehead atoms. The van der Waals surface area contributed by atoms with Crippen molar-refractivity contribution in [1.29, 1.82) is 0 Å². The van der Waals surface area contributed by atoms with E-state index in [4.69, 9.17) is 4.74 Å². The van der Waals surface area contributed by atoms with E-state index in [-0.39, 0.29) is 12.1 Å². The van der Waals surface area contributed by atoms with Crippen molar-refractivity contribution in [2.45, 2.75) is 20.4 Å². The summed E-state index contributed by atoms with van der Waals surface area (Å²) in [6.07, 6.45) is 6.92. The van der Waals surface area contributed by atoms with Gasteiger partial charge in [0.2, 0.25) is 5.88 Å². The zero-order valence-corrected chi connectivity index (χ0v) is 16.9. The molecule has 0 fully saturated rings. The van der Waals surface area contributed by atoms with E-state index in [9.17, 15) is 9.59 Å². The molecule has 8 nitrogen and oxygen atoms in total. The highest BCUT2D eigenvalue weighted by Gasteiger charge is 2.17. The molecule has 8 heteroatoms. The topological polar surface area (TPSA) is 90.5 Å². The van der Waals surface area contributed by atoms with Gasteiger partial charge in [-0.05, 0) is 43.2 Å². The number of hydrogen-bond acceptors (Lipinski definition) is 5. The molecule has 1 amide bonds. The monoisotopic (exact) mass is 403 g/mol. The van der Waals surface area contributed by atoms with Gasteiger partial charge in [0.15, 0.2) is 0 Å². The van der Waals surface area contributed by atoms with Crippen molar-refractivity contribution in [3.05, 3.63) is 87.9 Å². The average molecular weight is 403 g/mol. The van der Waals surface area contributed by atoms with Gasteiger partial charge >= 0.3 is 0 Å². The van der Waals surface area contributed by atoms with Gasteiger partial charge in [0.05, 0.1) is 31.2 Å². The third-order valence-electron chi connectivity index (χ3n) is 4.89. The van der Waals surface area contributed by atoms with E-state index < -0.39 is 11.5 Å². The van der Waals surface area contributed by atoms with Gasteiger partial charge < -0.3 is 14.5 Å². The van der Waals surface area contributed by atoms with Crippen LogP contribution in [0.3, 0.4) is 0 Å². The van der Waals surface area contributed by atoms with Crippen molar-refractivity contribution < 1.29 is 9.53 Å². The van der Waals surface area contributed by atoms with E-state index in [1.54, 1.807) is 31.3 Å². The van der Waals surface area contributed by atoms with Crippen molar-refractivity contribution in [2.75, 3.05) is 7.11 Å². The predicted octanol–water partition coefficient (Wildman–Crippen LogP) is 2.44. The van der Waals surface area contributed by atoms with E-state index in [0.29, 0.717) is 22.8 Å². The molecule has 0 saturated carbocycles. The molecule has 4 aromatic rings.